The van der Waals surface area contributed by atoms with Gasteiger partial charge in [0.25, 0.3) is 0 Å². The van der Waals surface area contributed by atoms with Gasteiger partial charge in [-0.15, -0.1) is 11.3 Å². The first-order valence-corrected chi connectivity index (χ1v) is 10.1. The fraction of sp³-hybridized carbons (Fsp3) is 0.158. The van der Waals surface area contributed by atoms with Crippen LogP contribution in [0.15, 0.2) is 40.2 Å². The molecule has 0 fully saturated rings. The molecular weight excluding hydrogens is 461 g/mol. The van der Waals surface area contributed by atoms with E-state index < -0.39 is 7.12 Å². The summed E-state index contributed by atoms with van der Waals surface area (Å²) in [5.74, 6) is 1.29. The number of carbonyl (C=O) groups is 1. The second-order valence-corrected chi connectivity index (χ2v) is 7.67. The summed E-state index contributed by atoms with van der Waals surface area (Å²) in [5.41, 5.74) is 1.69. The molecule has 1 aromatic heterocycles. The third-order valence-corrected chi connectivity index (χ3v) is 5.51. The molecule has 0 amide bonds. The van der Waals surface area contributed by atoms with Crippen molar-refractivity contribution in [3.05, 3.63) is 51.4 Å². The molecule has 0 radical (unpaired) electrons. The van der Waals surface area contributed by atoms with E-state index in [1.54, 1.807) is 7.11 Å². The fourth-order valence-corrected chi connectivity index (χ4v) is 3.87. The standard InChI is InChI=1S/C19H17BBrNO6S/c1-26-16-4-3-12(21)6-14(16)19-22-13(10-29-19)9-28-18-7-15(20(24)25)11(8-23)5-17(18)27-2/h3-8,10,24-25H,9H2,1-2H3. The molecule has 3 rings (SSSR count). The number of rotatable bonds is 8. The third kappa shape index (κ3) is 4.78. The van der Waals surface area contributed by atoms with E-state index >= 15 is 0 Å². The first-order chi connectivity index (χ1) is 14.0. The quantitative estimate of drug-likeness (QED) is 0.380. The summed E-state index contributed by atoms with van der Waals surface area (Å²) in [6.45, 7) is 0.130. The van der Waals surface area contributed by atoms with Crippen molar-refractivity contribution in [1.82, 2.24) is 4.98 Å². The van der Waals surface area contributed by atoms with E-state index in [-0.39, 0.29) is 23.4 Å². The topological polar surface area (TPSA) is 98.1 Å². The Labute approximate surface area is 180 Å². The van der Waals surface area contributed by atoms with Crippen molar-refractivity contribution in [2.75, 3.05) is 14.2 Å². The summed E-state index contributed by atoms with van der Waals surface area (Å²) in [4.78, 5) is 15.8. The van der Waals surface area contributed by atoms with E-state index in [0.717, 1.165) is 15.0 Å². The molecule has 0 aliphatic carbocycles. The van der Waals surface area contributed by atoms with Gasteiger partial charge in [-0.3, -0.25) is 4.79 Å². The second-order valence-electron chi connectivity index (χ2n) is 5.90. The van der Waals surface area contributed by atoms with Gasteiger partial charge < -0.3 is 24.3 Å². The molecule has 0 bridgehead atoms. The molecule has 7 nitrogen and oxygen atoms in total. The van der Waals surface area contributed by atoms with E-state index in [9.17, 15) is 14.8 Å². The van der Waals surface area contributed by atoms with Gasteiger partial charge in [0.2, 0.25) is 0 Å². The molecule has 1 heterocycles. The number of benzene rings is 2. The maximum atomic E-state index is 11.2. The van der Waals surface area contributed by atoms with Crippen LogP contribution in [0.5, 0.6) is 17.2 Å². The summed E-state index contributed by atoms with van der Waals surface area (Å²) in [6, 6.07) is 8.45. The number of ether oxygens (including phenoxy) is 3. The Kier molecular flexibility index (Phi) is 6.91. The summed E-state index contributed by atoms with van der Waals surface area (Å²) >= 11 is 4.90. The summed E-state index contributed by atoms with van der Waals surface area (Å²) in [7, 11) is 1.23. The van der Waals surface area contributed by atoms with E-state index in [1.807, 2.05) is 23.6 Å². The van der Waals surface area contributed by atoms with Crippen molar-refractivity contribution >= 4 is 46.1 Å². The van der Waals surface area contributed by atoms with Crippen molar-refractivity contribution in [3.63, 3.8) is 0 Å². The number of methoxy groups -OCH3 is 2. The molecule has 3 aromatic rings. The highest BCUT2D eigenvalue weighted by molar-refractivity contribution is 9.10. The number of aldehydes is 1. The van der Waals surface area contributed by atoms with Crippen molar-refractivity contribution in [2.24, 2.45) is 0 Å². The SMILES string of the molecule is COc1cc(C=O)c(B(O)O)cc1OCc1csc(-c2cc(Br)ccc2OC)n1. The maximum absolute atomic E-state index is 11.2. The number of aromatic nitrogens is 1. The Bertz CT molecular complexity index is 1030. The lowest BCUT2D eigenvalue weighted by Crippen LogP contribution is -2.33. The highest BCUT2D eigenvalue weighted by atomic mass is 79.9. The molecule has 10 heteroatoms. The monoisotopic (exact) mass is 477 g/mol. The van der Waals surface area contributed by atoms with Crippen LogP contribution in [0.1, 0.15) is 16.1 Å². The average molecular weight is 478 g/mol. The lowest BCUT2D eigenvalue weighted by molar-refractivity contribution is 0.112. The van der Waals surface area contributed by atoms with Gasteiger partial charge in [0.15, 0.2) is 11.5 Å². The molecule has 150 valence electrons. The van der Waals surface area contributed by atoms with Crippen molar-refractivity contribution in [1.29, 1.82) is 0 Å². The Hall–Kier alpha value is -2.40. The van der Waals surface area contributed by atoms with E-state index in [2.05, 4.69) is 20.9 Å². The minimum atomic E-state index is -1.81. The van der Waals surface area contributed by atoms with Gasteiger partial charge in [-0.1, -0.05) is 15.9 Å². The van der Waals surface area contributed by atoms with Gasteiger partial charge in [0.05, 0.1) is 25.5 Å². The molecule has 2 aromatic carbocycles. The minimum Gasteiger partial charge on any atom is -0.496 e. The zero-order chi connectivity index (χ0) is 21.0. The summed E-state index contributed by atoms with van der Waals surface area (Å²) in [6.07, 6.45) is 0.527. The van der Waals surface area contributed by atoms with Crippen LogP contribution in [0.3, 0.4) is 0 Å². The van der Waals surface area contributed by atoms with Gasteiger partial charge in [0.1, 0.15) is 23.7 Å². The Morgan fingerprint density at radius 3 is 2.55 bits per heavy atom. The Morgan fingerprint density at radius 1 is 1.14 bits per heavy atom. The highest BCUT2D eigenvalue weighted by Crippen LogP contribution is 2.35. The number of hydrogen-bond acceptors (Lipinski definition) is 8. The fourth-order valence-electron chi connectivity index (χ4n) is 2.69. The van der Waals surface area contributed by atoms with Gasteiger partial charge in [-0.05, 0) is 35.8 Å². The molecule has 0 unspecified atom stereocenters. The van der Waals surface area contributed by atoms with Gasteiger partial charge in [-0.25, -0.2) is 4.98 Å². The van der Waals surface area contributed by atoms with Gasteiger partial charge >= 0.3 is 7.12 Å². The number of thiazole rings is 1. The Morgan fingerprint density at radius 2 is 1.90 bits per heavy atom. The zero-order valence-electron chi connectivity index (χ0n) is 15.6. The lowest BCUT2D eigenvalue weighted by atomic mass is 9.77. The third-order valence-electron chi connectivity index (χ3n) is 4.09. The molecule has 2 N–H and O–H groups in total. The van der Waals surface area contributed by atoms with Crippen LogP contribution in [0.2, 0.25) is 0 Å². The minimum absolute atomic E-state index is 0.0358. The van der Waals surface area contributed by atoms with Crippen molar-refractivity contribution in [3.8, 4) is 27.8 Å². The van der Waals surface area contributed by atoms with Crippen LogP contribution >= 0.6 is 27.3 Å². The van der Waals surface area contributed by atoms with E-state index in [4.69, 9.17) is 14.2 Å². The van der Waals surface area contributed by atoms with Crippen LogP contribution in [-0.2, 0) is 6.61 Å². The van der Waals surface area contributed by atoms with Crippen LogP contribution in [0.25, 0.3) is 10.6 Å². The van der Waals surface area contributed by atoms with E-state index in [1.165, 1.54) is 30.6 Å². The van der Waals surface area contributed by atoms with Crippen molar-refractivity contribution < 1.29 is 29.1 Å². The molecular formula is C19H17BBrNO6S. The largest absolute Gasteiger partial charge is 0.496 e. The number of nitrogens with zero attached hydrogens (tertiary/aromatic N) is 1. The Balaban J connectivity index is 1.84. The average Bonchev–Trinajstić information content (AvgIpc) is 3.20. The van der Waals surface area contributed by atoms with Crippen LogP contribution < -0.4 is 19.7 Å². The summed E-state index contributed by atoms with van der Waals surface area (Å²) in [5, 5.41) is 21.6. The maximum Gasteiger partial charge on any atom is 0.489 e. The molecule has 29 heavy (non-hydrogen) atoms. The molecule has 0 aliphatic heterocycles. The number of halogens is 1. The molecule has 0 saturated heterocycles. The predicted molar refractivity (Wildman–Crippen MR) is 114 cm³/mol. The molecule has 0 saturated carbocycles. The summed E-state index contributed by atoms with van der Waals surface area (Å²) < 4.78 is 17.3. The predicted octanol–water partition coefficient (Wildman–Crippen LogP) is 2.66. The highest BCUT2D eigenvalue weighted by Gasteiger charge is 2.20. The normalized spacial score (nSPS) is 10.5. The van der Waals surface area contributed by atoms with E-state index in [0.29, 0.717) is 23.5 Å². The van der Waals surface area contributed by atoms with Crippen molar-refractivity contribution in [2.45, 2.75) is 6.61 Å². The lowest BCUT2D eigenvalue weighted by Gasteiger charge is -2.13. The number of hydrogen-bond donors (Lipinski definition) is 2. The van der Waals surface area contributed by atoms with Crippen LogP contribution in [0, 0.1) is 0 Å². The molecule has 0 aliphatic rings. The zero-order valence-corrected chi connectivity index (χ0v) is 18.0. The first-order valence-electron chi connectivity index (χ1n) is 8.41. The molecule has 0 spiro atoms. The van der Waals surface area contributed by atoms with Crippen LogP contribution in [0.4, 0.5) is 0 Å². The first kappa shape index (κ1) is 21.3. The number of carbonyl (C=O) groups excluding carboxylic acids is 1. The van der Waals surface area contributed by atoms with Gasteiger partial charge in [0, 0.05) is 15.4 Å². The second kappa shape index (κ2) is 9.40. The van der Waals surface area contributed by atoms with Gasteiger partial charge in [-0.2, -0.15) is 0 Å². The smallest absolute Gasteiger partial charge is 0.489 e. The molecule has 0 atom stereocenters. The van der Waals surface area contributed by atoms with Crippen LogP contribution in [-0.4, -0.2) is 42.7 Å².